The largest absolute Gasteiger partial charge is 0.480 e. The van der Waals surface area contributed by atoms with Gasteiger partial charge in [-0.1, -0.05) is 6.92 Å². The predicted octanol–water partition coefficient (Wildman–Crippen LogP) is 1.84. The molecule has 1 aliphatic rings. The summed E-state index contributed by atoms with van der Waals surface area (Å²) in [7, 11) is 0. The van der Waals surface area contributed by atoms with Gasteiger partial charge in [-0.2, -0.15) is 0 Å². The van der Waals surface area contributed by atoms with Crippen molar-refractivity contribution in [2.45, 2.75) is 38.2 Å². The minimum absolute atomic E-state index is 0.0790. The summed E-state index contributed by atoms with van der Waals surface area (Å²) in [6.07, 6.45) is 4.15. The zero-order chi connectivity index (χ0) is 15.4. The zero-order valence-electron chi connectivity index (χ0n) is 12.1. The van der Waals surface area contributed by atoms with Crippen LogP contribution in [0.3, 0.4) is 0 Å². The Balaban J connectivity index is 2.04. The first-order chi connectivity index (χ1) is 10.0. The first-order valence-electron chi connectivity index (χ1n) is 6.84. The van der Waals surface area contributed by atoms with E-state index in [4.69, 9.17) is 0 Å². The number of aryl methyl sites for hydroxylation is 1. The van der Waals surface area contributed by atoms with E-state index in [0.29, 0.717) is 12.3 Å². The molecule has 0 radical (unpaired) electrons. The number of carbonyl (C=O) groups excluding carboxylic acids is 1. The topological polar surface area (TPSA) is 82.5 Å². The number of rotatable bonds is 4. The van der Waals surface area contributed by atoms with Crippen LogP contribution in [0.15, 0.2) is 18.5 Å². The van der Waals surface area contributed by atoms with E-state index in [1.54, 1.807) is 12.4 Å². The molecule has 21 heavy (non-hydrogen) atoms. The van der Waals surface area contributed by atoms with E-state index in [9.17, 15) is 14.7 Å². The van der Waals surface area contributed by atoms with Crippen molar-refractivity contribution in [2.75, 3.05) is 5.75 Å². The van der Waals surface area contributed by atoms with Crippen molar-refractivity contribution in [3.63, 3.8) is 0 Å². The molecule has 1 fully saturated rings. The van der Waals surface area contributed by atoms with Gasteiger partial charge in [-0.05, 0) is 30.5 Å². The molecule has 2 amide bonds. The number of nitrogens with zero attached hydrogens (tertiary/aromatic N) is 2. The molecule has 6 nitrogen and oxygen atoms in total. The third kappa shape index (κ3) is 3.47. The second kappa shape index (κ2) is 6.80. The Morgan fingerprint density at radius 1 is 1.57 bits per heavy atom. The molecule has 114 valence electrons. The van der Waals surface area contributed by atoms with Crippen molar-refractivity contribution < 1.29 is 14.7 Å². The number of carbonyl (C=O) groups is 2. The minimum Gasteiger partial charge on any atom is -0.480 e. The lowest BCUT2D eigenvalue weighted by atomic mass is 10.1. The highest BCUT2D eigenvalue weighted by Gasteiger charge is 2.40. The highest BCUT2D eigenvalue weighted by molar-refractivity contribution is 8.00. The standard InChI is InChI=1S/C14H19N3O3S/c1-3-12-17(11(8-21-12)13(18)19)14(20)16-7-10-4-5-15-6-9(10)2/h4-6,11-12H,3,7-8H2,1-2H3,(H,16,20)(H,18,19). The average molecular weight is 309 g/mol. The number of carboxylic acids is 1. The Kier molecular flexibility index (Phi) is 5.06. The van der Waals surface area contributed by atoms with E-state index in [1.165, 1.54) is 16.7 Å². The fourth-order valence-corrected chi connectivity index (χ4v) is 3.65. The normalized spacial score (nSPS) is 21.3. The molecule has 2 unspecified atom stereocenters. The molecule has 1 saturated heterocycles. The van der Waals surface area contributed by atoms with E-state index in [1.807, 2.05) is 19.9 Å². The number of hydrogen-bond donors (Lipinski definition) is 2. The van der Waals surface area contributed by atoms with Crippen LogP contribution in [-0.4, -0.2) is 44.2 Å². The zero-order valence-corrected chi connectivity index (χ0v) is 12.9. The monoisotopic (exact) mass is 309 g/mol. The second-order valence-electron chi connectivity index (χ2n) is 4.92. The van der Waals surface area contributed by atoms with Crippen LogP contribution in [-0.2, 0) is 11.3 Å². The summed E-state index contributed by atoms with van der Waals surface area (Å²) < 4.78 is 0. The fourth-order valence-electron chi connectivity index (χ4n) is 2.30. The molecule has 1 aromatic heterocycles. The van der Waals surface area contributed by atoms with Crippen molar-refractivity contribution in [1.29, 1.82) is 0 Å². The quantitative estimate of drug-likeness (QED) is 0.887. The Bertz CT molecular complexity index is 538. The van der Waals surface area contributed by atoms with Gasteiger partial charge in [0, 0.05) is 24.7 Å². The molecule has 0 bridgehead atoms. The van der Waals surface area contributed by atoms with Gasteiger partial charge in [0.1, 0.15) is 6.04 Å². The van der Waals surface area contributed by atoms with Gasteiger partial charge in [-0.3, -0.25) is 9.88 Å². The molecule has 0 spiro atoms. The lowest BCUT2D eigenvalue weighted by Crippen LogP contribution is -2.49. The number of thioether (sulfide) groups is 1. The maximum absolute atomic E-state index is 12.3. The molecule has 2 N–H and O–H groups in total. The van der Waals surface area contributed by atoms with Crippen LogP contribution in [0, 0.1) is 6.92 Å². The molecule has 2 heterocycles. The van der Waals surface area contributed by atoms with Crippen LogP contribution in [0.5, 0.6) is 0 Å². The van der Waals surface area contributed by atoms with E-state index in [2.05, 4.69) is 10.3 Å². The first kappa shape index (κ1) is 15.6. The van der Waals surface area contributed by atoms with Gasteiger partial charge in [0.25, 0.3) is 0 Å². The van der Waals surface area contributed by atoms with Gasteiger partial charge >= 0.3 is 12.0 Å². The van der Waals surface area contributed by atoms with Crippen LogP contribution in [0.4, 0.5) is 4.79 Å². The van der Waals surface area contributed by atoms with Gasteiger partial charge in [0.15, 0.2) is 0 Å². The number of aromatic nitrogens is 1. The van der Waals surface area contributed by atoms with Crippen LogP contribution >= 0.6 is 11.8 Å². The molecule has 7 heteroatoms. The van der Waals surface area contributed by atoms with Crippen molar-refractivity contribution in [3.05, 3.63) is 29.6 Å². The molecule has 1 aromatic rings. The summed E-state index contributed by atoms with van der Waals surface area (Å²) in [4.78, 5) is 29.1. The lowest BCUT2D eigenvalue weighted by Gasteiger charge is -2.26. The first-order valence-corrected chi connectivity index (χ1v) is 7.89. The maximum Gasteiger partial charge on any atom is 0.327 e. The van der Waals surface area contributed by atoms with Crippen molar-refractivity contribution >= 4 is 23.8 Å². The summed E-state index contributed by atoms with van der Waals surface area (Å²) >= 11 is 1.51. The van der Waals surface area contributed by atoms with E-state index >= 15 is 0 Å². The molecular weight excluding hydrogens is 290 g/mol. The molecule has 0 aliphatic carbocycles. The Labute approximate surface area is 127 Å². The second-order valence-corrected chi connectivity index (χ2v) is 6.13. The summed E-state index contributed by atoms with van der Waals surface area (Å²) in [5.74, 6) is -0.510. The molecule has 0 saturated carbocycles. The Hall–Kier alpha value is -1.76. The molecule has 0 aromatic carbocycles. The number of urea groups is 1. The Morgan fingerprint density at radius 2 is 2.33 bits per heavy atom. The Morgan fingerprint density at radius 3 is 2.95 bits per heavy atom. The number of amides is 2. The van der Waals surface area contributed by atoms with E-state index in [0.717, 1.165) is 17.5 Å². The number of pyridine rings is 1. The number of carboxylic acid groups (broad SMARTS) is 1. The van der Waals surface area contributed by atoms with Crippen molar-refractivity contribution in [1.82, 2.24) is 15.2 Å². The summed E-state index contributed by atoms with van der Waals surface area (Å²) in [6.45, 7) is 4.25. The van der Waals surface area contributed by atoms with Crippen LogP contribution in [0.1, 0.15) is 24.5 Å². The summed E-state index contributed by atoms with van der Waals surface area (Å²) in [6, 6.07) is 0.772. The third-order valence-electron chi connectivity index (χ3n) is 3.53. The average Bonchev–Trinajstić information content (AvgIpc) is 2.90. The van der Waals surface area contributed by atoms with Gasteiger partial charge in [0.2, 0.25) is 0 Å². The van der Waals surface area contributed by atoms with Gasteiger partial charge in [-0.15, -0.1) is 11.8 Å². The van der Waals surface area contributed by atoms with Crippen LogP contribution in [0.25, 0.3) is 0 Å². The fraction of sp³-hybridized carbons (Fsp3) is 0.500. The highest BCUT2D eigenvalue weighted by atomic mass is 32.2. The van der Waals surface area contributed by atoms with Crippen molar-refractivity contribution in [3.8, 4) is 0 Å². The third-order valence-corrected chi connectivity index (χ3v) is 4.98. The minimum atomic E-state index is -0.950. The van der Waals surface area contributed by atoms with Crippen molar-refractivity contribution in [2.24, 2.45) is 0 Å². The number of hydrogen-bond acceptors (Lipinski definition) is 4. The summed E-state index contributed by atoms with van der Waals surface area (Å²) in [5, 5.41) is 12.0. The molecule has 2 rings (SSSR count). The SMILES string of the molecule is CCC1SCC(C(=O)O)N1C(=O)NCc1ccncc1C. The predicted molar refractivity (Wildman–Crippen MR) is 81.0 cm³/mol. The summed E-state index contributed by atoms with van der Waals surface area (Å²) in [5.41, 5.74) is 1.97. The van der Waals surface area contributed by atoms with Crippen LogP contribution < -0.4 is 5.32 Å². The highest BCUT2D eigenvalue weighted by Crippen LogP contribution is 2.31. The number of nitrogens with one attached hydrogen (secondary N) is 1. The van der Waals surface area contributed by atoms with Gasteiger partial charge in [0.05, 0.1) is 5.37 Å². The molecule has 2 atom stereocenters. The van der Waals surface area contributed by atoms with Crippen LogP contribution in [0.2, 0.25) is 0 Å². The maximum atomic E-state index is 12.3. The smallest absolute Gasteiger partial charge is 0.327 e. The number of aliphatic carboxylic acids is 1. The van der Waals surface area contributed by atoms with E-state index in [-0.39, 0.29) is 11.4 Å². The van der Waals surface area contributed by atoms with E-state index < -0.39 is 12.0 Å². The van der Waals surface area contributed by atoms with Gasteiger partial charge < -0.3 is 10.4 Å². The lowest BCUT2D eigenvalue weighted by molar-refractivity contribution is -0.141. The molecular formula is C14H19N3O3S. The van der Waals surface area contributed by atoms with Gasteiger partial charge in [-0.25, -0.2) is 9.59 Å². The molecule has 1 aliphatic heterocycles.